The summed E-state index contributed by atoms with van der Waals surface area (Å²) in [5.74, 6) is 0.751. The third-order valence-corrected chi connectivity index (χ3v) is 2.15. The number of rotatable bonds is 2. The fourth-order valence-corrected chi connectivity index (χ4v) is 1.50. The van der Waals surface area contributed by atoms with Crippen LogP contribution in [0.2, 0.25) is 5.15 Å². The predicted octanol–water partition coefficient (Wildman–Crippen LogP) is 2.26. The molecule has 0 fully saturated rings. The van der Waals surface area contributed by atoms with Crippen LogP contribution in [0.3, 0.4) is 0 Å². The number of nitrogens with one attached hydrogen (secondary N) is 1. The molecule has 0 amide bonds. The first-order valence-electron chi connectivity index (χ1n) is 4.23. The van der Waals surface area contributed by atoms with Crippen molar-refractivity contribution < 1.29 is 0 Å². The summed E-state index contributed by atoms with van der Waals surface area (Å²) in [5.41, 5.74) is 0. The van der Waals surface area contributed by atoms with Crippen molar-refractivity contribution in [3.8, 4) is 0 Å². The monoisotopic (exact) mass is 195 g/mol. The Kier molecular flexibility index (Phi) is 2.45. The molecule has 0 saturated heterocycles. The number of hydrogen-bond acceptors (Lipinski definition) is 3. The summed E-state index contributed by atoms with van der Waals surface area (Å²) in [6.45, 7) is 0. The van der Waals surface area contributed by atoms with Crippen molar-refractivity contribution in [2.75, 3.05) is 5.32 Å². The average molecular weight is 196 g/mol. The zero-order valence-corrected chi connectivity index (χ0v) is 7.83. The number of nitrogens with zero attached hydrogens (tertiary/aromatic N) is 2. The molecule has 68 valence electrons. The highest BCUT2D eigenvalue weighted by molar-refractivity contribution is 6.29. The van der Waals surface area contributed by atoms with Gasteiger partial charge in [-0.2, -0.15) is 0 Å². The molecule has 0 radical (unpaired) electrons. The first-order chi connectivity index (χ1) is 6.34. The molecule has 0 unspecified atom stereocenters. The molecular formula is C9H10ClN3. The quantitative estimate of drug-likeness (QED) is 0.736. The Balaban J connectivity index is 2.01. The van der Waals surface area contributed by atoms with Crippen LogP contribution in [0.5, 0.6) is 0 Å². The molecule has 0 bridgehead atoms. The maximum absolute atomic E-state index is 5.70. The zero-order chi connectivity index (χ0) is 9.10. The molecule has 1 aliphatic rings. The number of aromatic nitrogens is 2. The second-order valence-electron chi connectivity index (χ2n) is 3.01. The SMILES string of the molecule is Clc1cncc(NC2CC=CC2)n1. The third kappa shape index (κ3) is 2.18. The van der Waals surface area contributed by atoms with Gasteiger partial charge in [0.2, 0.25) is 0 Å². The van der Waals surface area contributed by atoms with Gasteiger partial charge in [-0.15, -0.1) is 0 Å². The van der Waals surface area contributed by atoms with Gasteiger partial charge in [0.15, 0.2) is 0 Å². The first-order valence-corrected chi connectivity index (χ1v) is 4.61. The molecule has 0 spiro atoms. The van der Waals surface area contributed by atoms with E-state index in [0.29, 0.717) is 11.2 Å². The Labute approximate surface area is 81.9 Å². The molecule has 3 nitrogen and oxygen atoms in total. The topological polar surface area (TPSA) is 37.8 Å². The summed E-state index contributed by atoms with van der Waals surface area (Å²) >= 11 is 5.70. The van der Waals surface area contributed by atoms with Crippen LogP contribution >= 0.6 is 11.6 Å². The largest absolute Gasteiger partial charge is 0.365 e. The minimum absolute atomic E-state index is 0.427. The van der Waals surface area contributed by atoms with Gasteiger partial charge in [0.25, 0.3) is 0 Å². The summed E-state index contributed by atoms with van der Waals surface area (Å²) in [6, 6.07) is 0.452. The molecule has 1 aliphatic carbocycles. The van der Waals surface area contributed by atoms with Crippen LogP contribution in [0.15, 0.2) is 24.5 Å². The summed E-state index contributed by atoms with van der Waals surface area (Å²) in [4.78, 5) is 8.05. The van der Waals surface area contributed by atoms with Crippen LogP contribution in [-0.2, 0) is 0 Å². The molecule has 0 aromatic carbocycles. The van der Waals surface area contributed by atoms with Crippen molar-refractivity contribution in [2.45, 2.75) is 18.9 Å². The summed E-state index contributed by atoms with van der Waals surface area (Å²) in [5, 5.41) is 3.69. The van der Waals surface area contributed by atoms with Crippen molar-refractivity contribution >= 4 is 17.4 Å². The van der Waals surface area contributed by atoms with Gasteiger partial charge in [-0.1, -0.05) is 23.8 Å². The predicted molar refractivity (Wildman–Crippen MR) is 52.8 cm³/mol. The second-order valence-corrected chi connectivity index (χ2v) is 3.40. The van der Waals surface area contributed by atoms with Gasteiger partial charge < -0.3 is 5.32 Å². The van der Waals surface area contributed by atoms with Crippen molar-refractivity contribution in [1.29, 1.82) is 0 Å². The molecule has 0 saturated carbocycles. The average Bonchev–Trinajstić information content (AvgIpc) is 2.57. The van der Waals surface area contributed by atoms with E-state index in [9.17, 15) is 0 Å². The van der Waals surface area contributed by atoms with E-state index in [0.717, 1.165) is 18.7 Å². The maximum atomic E-state index is 5.70. The van der Waals surface area contributed by atoms with E-state index < -0.39 is 0 Å². The Morgan fingerprint density at radius 3 is 2.77 bits per heavy atom. The van der Waals surface area contributed by atoms with Gasteiger partial charge in [-0.3, -0.25) is 4.98 Å². The van der Waals surface area contributed by atoms with E-state index in [4.69, 9.17) is 11.6 Å². The fraction of sp³-hybridized carbons (Fsp3) is 0.333. The van der Waals surface area contributed by atoms with Gasteiger partial charge in [0, 0.05) is 6.04 Å². The van der Waals surface area contributed by atoms with Crippen molar-refractivity contribution in [2.24, 2.45) is 0 Å². The van der Waals surface area contributed by atoms with Crippen LogP contribution in [0.25, 0.3) is 0 Å². The molecule has 1 N–H and O–H groups in total. The van der Waals surface area contributed by atoms with E-state index in [1.807, 2.05) is 0 Å². The van der Waals surface area contributed by atoms with E-state index >= 15 is 0 Å². The van der Waals surface area contributed by atoms with Crippen LogP contribution in [-0.4, -0.2) is 16.0 Å². The first kappa shape index (κ1) is 8.51. The highest BCUT2D eigenvalue weighted by atomic mass is 35.5. The maximum Gasteiger partial charge on any atom is 0.149 e. The van der Waals surface area contributed by atoms with Gasteiger partial charge in [-0.05, 0) is 12.8 Å². The van der Waals surface area contributed by atoms with E-state index in [1.54, 1.807) is 6.20 Å². The van der Waals surface area contributed by atoms with E-state index in [2.05, 4.69) is 27.4 Å². The highest BCUT2D eigenvalue weighted by Gasteiger charge is 2.10. The van der Waals surface area contributed by atoms with Crippen LogP contribution in [0.4, 0.5) is 5.82 Å². The van der Waals surface area contributed by atoms with Crippen LogP contribution in [0, 0.1) is 0 Å². The van der Waals surface area contributed by atoms with Crippen molar-refractivity contribution in [3.05, 3.63) is 29.7 Å². The molecule has 2 rings (SSSR count). The smallest absolute Gasteiger partial charge is 0.149 e. The molecule has 0 aliphatic heterocycles. The fourth-order valence-electron chi connectivity index (χ4n) is 1.36. The lowest BCUT2D eigenvalue weighted by atomic mass is 10.2. The minimum Gasteiger partial charge on any atom is -0.365 e. The van der Waals surface area contributed by atoms with E-state index in [-0.39, 0.29) is 0 Å². The normalized spacial score (nSPS) is 16.4. The number of hydrogen-bond donors (Lipinski definition) is 1. The minimum atomic E-state index is 0.427. The second kappa shape index (κ2) is 3.75. The van der Waals surface area contributed by atoms with Crippen LogP contribution < -0.4 is 5.32 Å². The van der Waals surface area contributed by atoms with Gasteiger partial charge in [0.1, 0.15) is 11.0 Å². The highest BCUT2D eigenvalue weighted by Crippen LogP contribution is 2.15. The van der Waals surface area contributed by atoms with Gasteiger partial charge >= 0.3 is 0 Å². The van der Waals surface area contributed by atoms with Crippen molar-refractivity contribution in [1.82, 2.24) is 9.97 Å². The Hall–Kier alpha value is -1.09. The third-order valence-electron chi connectivity index (χ3n) is 1.97. The lowest BCUT2D eigenvalue weighted by molar-refractivity contribution is 0.779. The van der Waals surface area contributed by atoms with E-state index in [1.165, 1.54) is 6.20 Å². The van der Waals surface area contributed by atoms with Crippen LogP contribution in [0.1, 0.15) is 12.8 Å². The molecule has 1 aromatic rings. The number of anilines is 1. The van der Waals surface area contributed by atoms with Gasteiger partial charge in [0.05, 0.1) is 12.4 Å². The standard InChI is InChI=1S/C9H10ClN3/c10-8-5-11-6-9(13-8)12-7-3-1-2-4-7/h1-2,5-7H,3-4H2,(H,12,13). The summed E-state index contributed by atoms with van der Waals surface area (Å²) in [7, 11) is 0. The molecule has 0 atom stereocenters. The number of halogens is 1. The molecule has 13 heavy (non-hydrogen) atoms. The molecule has 1 aromatic heterocycles. The summed E-state index contributed by atoms with van der Waals surface area (Å²) < 4.78 is 0. The Bertz CT molecular complexity index is 316. The molecule has 4 heteroatoms. The van der Waals surface area contributed by atoms with Crippen molar-refractivity contribution in [3.63, 3.8) is 0 Å². The lowest BCUT2D eigenvalue weighted by Gasteiger charge is -2.11. The summed E-state index contributed by atoms with van der Waals surface area (Å²) in [6.07, 6.45) is 9.64. The Morgan fingerprint density at radius 2 is 2.08 bits per heavy atom. The molecular weight excluding hydrogens is 186 g/mol. The lowest BCUT2D eigenvalue weighted by Crippen LogP contribution is -2.15. The zero-order valence-electron chi connectivity index (χ0n) is 7.07. The Morgan fingerprint density at radius 1 is 1.31 bits per heavy atom. The molecule has 1 heterocycles. The van der Waals surface area contributed by atoms with Gasteiger partial charge in [-0.25, -0.2) is 4.98 Å².